The van der Waals surface area contributed by atoms with Gasteiger partial charge >= 0.3 is 6.18 Å². The highest BCUT2D eigenvalue weighted by molar-refractivity contribution is 4.63. The molecule has 0 fully saturated rings. The van der Waals surface area contributed by atoms with Crippen LogP contribution in [0.25, 0.3) is 0 Å². The minimum atomic E-state index is -4.05. The zero-order chi connectivity index (χ0) is 13.5. The average molecular weight is 254 g/mol. The third-order valence-corrected chi connectivity index (χ3v) is 2.76. The Morgan fingerprint density at radius 3 is 2.24 bits per heavy atom. The number of alkyl halides is 3. The molecule has 0 aromatic carbocycles. The maximum Gasteiger partial charge on any atom is 0.390 e. The Morgan fingerprint density at radius 1 is 1.18 bits per heavy atom. The highest BCUT2D eigenvalue weighted by Gasteiger charge is 2.27. The van der Waals surface area contributed by atoms with Crippen LogP contribution in [0.2, 0.25) is 0 Å². The van der Waals surface area contributed by atoms with Gasteiger partial charge in [-0.15, -0.1) is 0 Å². The molecule has 0 heterocycles. The summed E-state index contributed by atoms with van der Waals surface area (Å²) in [6, 6.07) is 0.213. The topological polar surface area (TPSA) is 29.3 Å². The van der Waals surface area contributed by atoms with Crippen LogP contribution in [0.4, 0.5) is 13.2 Å². The van der Waals surface area contributed by atoms with Gasteiger partial charge in [-0.1, -0.05) is 13.3 Å². The molecule has 0 aliphatic rings. The van der Waals surface area contributed by atoms with Gasteiger partial charge in [0, 0.05) is 19.1 Å². The summed E-state index contributed by atoms with van der Waals surface area (Å²) < 4.78 is 36.0. The van der Waals surface area contributed by atoms with Crippen molar-refractivity contribution in [3.8, 4) is 0 Å². The van der Waals surface area contributed by atoms with Gasteiger partial charge in [0.2, 0.25) is 0 Å². The maximum atomic E-state index is 12.0. The number of nitrogens with two attached hydrogens (primary N) is 1. The molecule has 2 atom stereocenters. The van der Waals surface area contributed by atoms with Gasteiger partial charge in [-0.25, -0.2) is 0 Å². The van der Waals surface area contributed by atoms with Crippen molar-refractivity contribution < 1.29 is 13.2 Å². The fraction of sp³-hybridized carbons (Fsp3) is 1.00. The van der Waals surface area contributed by atoms with Crippen molar-refractivity contribution in [1.82, 2.24) is 4.90 Å². The second-order valence-electron chi connectivity index (χ2n) is 5.14. The SMILES string of the molecule is CC(N)CCCC(C)CN(C)CCC(F)(F)F. The molecule has 5 heteroatoms. The van der Waals surface area contributed by atoms with Crippen molar-refractivity contribution >= 4 is 0 Å². The van der Waals surface area contributed by atoms with E-state index in [0.29, 0.717) is 5.92 Å². The normalized spacial score (nSPS) is 16.2. The van der Waals surface area contributed by atoms with Crippen LogP contribution in [0.1, 0.15) is 39.5 Å². The molecular formula is C12H25F3N2. The van der Waals surface area contributed by atoms with Gasteiger partial charge in [0.1, 0.15) is 0 Å². The van der Waals surface area contributed by atoms with E-state index in [9.17, 15) is 13.2 Å². The van der Waals surface area contributed by atoms with E-state index in [2.05, 4.69) is 6.92 Å². The van der Waals surface area contributed by atoms with Gasteiger partial charge in [0.25, 0.3) is 0 Å². The fourth-order valence-electron chi connectivity index (χ4n) is 1.82. The molecule has 2 nitrogen and oxygen atoms in total. The quantitative estimate of drug-likeness (QED) is 0.721. The summed E-state index contributed by atoms with van der Waals surface area (Å²) in [6.45, 7) is 4.85. The van der Waals surface area contributed by atoms with E-state index >= 15 is 0 Å². The van der Waals surface area contributed by atoms with E-state index in [1.165, 1.54) is 0 Å². The molecule has 0 amide bonds. The van der Waals surface area contributed by atoms with Crippen LogP contribution in [0.3, 0.4) is 0 Å². The minimum Gasteiger partial charge on any atom is -0.328 e. The average Bonchev–Trinajstić information content (AvgIpc) is 2.13. The number of halogens is 3. The van der Waals surface area contributed by atoms with Crippen molar-refractivity contribution in [2.24, 2.45) is 11.7 Å². The van der Waals surface area contributed by atoms with E-state index in [-0.39, 0.29) is 12.6 Å². The molecule has 2 N–H and O–H groups in total. The van der Waals surface area contributed by atoms with Gasteiger partial charge in [0.15, 0.2) is 0 Å². The third kappa shape index (κ3) is 12.0. The summed E-state index contributed by atoms with van der Waals surface area (Å²) in [5.41, 5.74) is 5.64. The number of rotatable bonds is 8. The summed E-state index contributed by atoms with van der Waals surface area (Å²) in [5, 5.41) is 0. The molecule has 104 valence electrons. The first-order valence-electron chi connectivity index (χ1n) is 6.21. The first-order valence-corrected chi connectivity index (χ1v) is 6.21. The van der Waals surface area contributed by atoms with Crippen LogP contribution in [-0.4, -0.2) is 37.3 Å². The van der Waals surface area contributed by atoms with Crippen LogP contribution in [0.5, 0.6) is 0 Å². The van der Waals surface area contributed by atoms with Crippen LogP contribution in [0.15, 0.2) is 0 Å². The first kappa shape index (κ1) is 16.7. The Morgan fingerprint density at radius 2 is 1.76 bits per heavy atom. The van der Waals surface area contributed by atoms with Crippen molar-refractivity contribution in [3.63, 3.8) is 0 Å². The Hall–Kier alpha value is -0.290. The van der Waals surface area contributed by atoms with E-state index in [4.69, 9.17) is 5.73 Å². The summed E-state index contributed by atoms with van der Waals surface area (Å²) in [7, 11) is 1.74. The van der Waals surface area contributed by atoms with E-state index < -0.39 is 12.6 Å². The predicted octanol–water partition coefficient (Wildman–Crippen LogP) is 3.02. The maximum absolute atomic E-state index is 12.0. The standard InChI is InChI=1S/C12H25F3N2/c1-10(5-4-6-11(2)16)9-17(3)8-7-12(13,14)15/h10-11H,4-9,16H2,1-3H3. The Kier molecular flexibility index (Phi) is 7.79. The number of nitrogens with zero attached hydrogens (tertiary/aromatic N) is 1. The highest BCUT2D eigenvalue weighted by atomic mass is 19.4. The van der Waals surface area contributed by atoms with E-state index in [1.807, 2.05) is 6.92 Å². The van der Waals surface area contributed by atoms with Crippen molar-refractivity contribution in [2.75, 3.05) is 20.1 Å². The largest absolute Gasteiger partial charge is 0.390 e. The lowest BCUT2D eigenvalue weighted by Gasteiger charge is -2.22. The molecule has 0 saturated carbocycles. The lowest BCUT2D eigenvalue weighted by Crippen LogP contribution is -2.28. The Labute approximate surface area is 102 Å². The van der Waals surface area contributed by atoms with Crippen molar-refractivity contribution in [3.05, 3.63) is 0 Å². The van der Waals surface area contributed by atoms with Gasteiger partial charge < -0.3 is 10.6 Å². The van der Waals surface area contributed by atoms with Crippen LogP contribution in [-0.2, 0) is 0 Å². The first-order chi connectivity index (χ1) is 7.70. The molecule has 0 aromatic rings. The molecule has 0 rings (SSSR count). The molecule has 0 aliphatic carbocycles. The second kappa shape index (κ2) is 7.93. The molecule has 0 spiro atoms. The summed E-state index contributed by atoms with van der Waals surface area (Å²) in [5.74, 6) is 0.423. The minimum absolute atomic E-state index is 0.0845. The molecule has 0 aliphatic heterocycles. The molecule has 0 aromatic heterocycles. The highest BCUT2D eigenvalue weighted by Crippen LogP contribution is 2.20. The van der Waals surface area contributed by atoms with Crippen LogP contribution >= 0.6 is 0 Å². The summed E-state index contributed by atoms with van der Waals surface area (Å²) >= 11 is 0. The van der Waals surface area contributed by atoms with Gasteiger partial charge in [-0.2, -0.15) is 13.2 Å². The van der Waals surface area contributed by atoms with Crippen LogP contribution < -0.4 is 5.73 Å². The third-order valence-electron chi connectivity index (χ3n) is 2.76. The second-order valence-corrected chi connectivity index (χ2v) is 5.14. The zero-order valence-corrected chi connectivity index (χ0v) is 11.1. The lowest BCUT2D eigenvalue weighted by atomic mass is 10.0. The zero-order valence-electron chi connectivity index (χ0n) is 11.1. The molecule has 0 radical (unpaired) electrons. The van der Waals surface area contributed by atoms with E-state index in [1.54, 1.807) is 11.9 Å². The molecule has 0 bridgehead atoms. The fourth-order valence-corrected chi connectivity index (χ4v) is 1.82. The Bertz CT molecular complexity index is 193. The molecule has 2 unspecified atom stereocenters. The van der Waals surface area contributed by atoms with Gasteiger partial charge in [-0.05, 0) is 32.7 Å². The number of hydrogen-bond donors (Lipinski definition) is 1. The van der Waals surface area contributed by atoms with Crippen molar-refractivity contribution in [1.29, 1.82) is 0 Å². The van der Waals surface area contributed by atoms with Gasteiger partial charge in [-0.3, -0.25) is 0 Å². The van der Waals surface area contributed by atoms with Gasteiger partial charge in [0.05, 0.1) is 6.42 Å². The van der Waals surface area contributed by atoms with Crippen molar-refractivity contribution in [2.45, 2.75) is 51.7 Å². The molecular weight excluding hydrogens is 229 g/mol. The Balaban J connectivity index is 3.62. The summed E-state index contributed by atoms with van der Waals surface area (Å²) in [6.07, 6.45) is -1.72. The summed E-state index contributed by atoms with van der Waals surface area (Å²) in [4.78, 5) is 1.75. The predicted molar refractivity (Wildman–Crippen MR) is 64.8 cm³/mol. The molecule has 0 saturated heterocycles. The lowest BCUT2D eigenvalue weighted by molar-refractivity contribution is -0.137. The van der Waals surface area contributed by atoms with E-state index in [0.717, 1.165) is 25.8 Å². The molecule has 17 heavy (non-hydrogen) atoms. The smallest absolute Gasteiger partial charge is 0.328 e. The monoisotopic (exact) mass is 254 g/mol. The van der Waals surface area contributed by atoms with Crippen LogP contribution in [0, 0.1) is 5.92 Å². The number of hydrogen-bond acceptors (Lipinski definition) is 2.